The number of hydrogen-bond donors (Lipinski definition) is 0. The van der Waals surface area contributed by atoms with E-state index in [0.29, 0.717) is 0 Å². The molecule has 1 nitrogen and oxygen atoms in total. The van der Waals surface area contributed by atoms with Gasteiger partial charge in [-0.1, -0.05) is 25.5 Å². The Bertz CT molecular complexity index is 266. The number of methoxy groups -OCH3 is 1. The molecule has 0 N–H and O–H groups in total. The summed E-state index contributed by atoms with van der Waals surface area (Å²) in [5, 5.41) is 0. The Morgan fingerprint density at radius 1 is 1.38 bits per heavy atom. The third-order valence-electron chi connectivity index (χ3n) is 2.26. The lowest BCUT2D eigenvalue weighted by molar-refractivity contribution is 0.408. The molecule has 0 heterocycles. The Balaban J connectivity index is 2.87. The average molecular weight is 177 g/mol. The minimum atomic E-state index is 0.984. The molecule has 0 atom stereocenters. The average Bonchev–Trinajstić information content (AvgIpc) is 2.15. The van der Waals surface area contributed by atoms with E-state index >= 15 is 0 Å². The summed E-state index contributed by atoms with van der Waals surface area (Å²) < 4.78 is 5.30. The van der Waals surface area contributed by atoms with Gasteiger partial charge in [0.1, 0.15) is 5.75 Å². The van der Waals surface area contributed by atoms with Crippen molar-refractivity contribution < 1.29 is 4.74 Å². The number of hydrogen-bond acceptors (Lipinski definition) is 1. The van der Waals surface area contributed by atoms with Gasteiger partial charge in [-0.15, -0.1) is 0 Å². The van der Waals surface area contributed by atoms with Gasteiger partial charge in [-0.25, -0.2) is 0 Å². The van der Waals surface area contributed by atoms with Gasteiger partial charge in [-0.05, 0) is 37.0 Å². The minimum absolute atomic E-state index is 0.984. The predicted octanol–water partition coefficient (Wildman–Crippen LogP) is 3.16. The molecule has 1 aromatic rings. The number of ether oxygens (including phenoxy) is 1. The molecule has 71 valence electrons. The summed E-state index contributed by atoms with van der Waals surface area (Å²) in [6.45, 7) is 5.97. The maximum atomic E-state index is 5.30. The highest BCUT2D eigenvalue weighted by Gasteiger charge is 2.04. The smallest absolute Gasteiger partial charge is 0.122 e. The summed E-state index contributed by atoms with van der Waals surface area (Å²) in [5.74, 6) is 1.01. The lowest BCUT2D eigenvalue weighted by Gasteiger charge is -2.10. The second-order valence-electron chi connectivity index (χ2n) is 3.21. The maximum Gasteiger partial charge on any atom is 0.122 e. The van der Waals surface area contributed by atoms with Crippen molar-refractivity contribution in [2.45, 2.75) is 26.2 Å². The van der Waals surface area contributed by atoms with E-state index in [4.69, 9.17) is 4.74 Å². The van der Waals surface area contributed by atoms with E-state index in [2.05, 4.69) is 19.9 Å². The fourth-order valence-electron chi connectivity index (χ4n) is 1.49. The zero-order chi connectivity index (χ0) is 9.68. The molecule has 0 spiro atoms. The monoisotopic (exact) mass is 177 g/mol. The molecule has 0 aliphatic heterocycles. The van der Waals surface area contributed by atoms with Gasteiger partial charge in [0.25, 0.3) is 0 Å². The van der Waals surface area contributed by atoms with Crippen LogP contribution in [0.3, 0.4) is 0 Å². The van der Waals surface area contributed by atoms with Crippen LogP contribution in [0, 0.1) is 13.8 Å². The van der Waals surface area contributed by atoms with Gasteiger partial charge in [-0.2, -0.15) is 0 Å². The van der Waals surface area contributed by atoms with Crippen molar-refractivity contribution in [3.05, 3.63) is 36.2 Å². The highest BCUT2D eigenvalue weighted by molar-refractivity contribution is 5.39. The zero-order valence-corrected chi connectivity index (χ0v) is 8.47. The van der Waals surface area contributed by atoms with Gasteiger partial charge >= 0.3 is 0 Å². The highest BCUT2D eigenvalue weighted by atomic mass is 16.5. The Morgan fingerprint density at radius 3 is 2.77 bits per heavy atom. The Labute approximate surface area is 80.7 Å². The van der Waals surface area contributed by atoms with Crippen LogP contribution in [0.5, 0.6) is 5.75 Å². The van der Waals surface area contributed by atoms with E-state index in [-0.39, 0.29) is 0 Å². The summed E-state index contributed by atoms with van der Waals surface area (Å²) >= 11 is 0. The normalized spacial score (nSPS) is 10.1. The van der Waals surface area contributed by atoms with Crippen molar-refractivity contribution in [3.63, 3.8) is 0 Å². The second-order valence-corrected chi connectivity index (χ2v) is 3.21. The van der Waals surface area contributed by atoms with Gasteiger partial charge in [0.2, 0.25) is 0 Å². The van der Waals surface area contributed by atoms with Crippen molar-refractivity contribution in [2.75, 3.05) is 7.11 Å². The first kappa shape index (κ1) is 10.1. The first-order valence-corrected chi connectivity index (χ1v) is 4.71. The van der Waals surface area contributed by atoms with E-state index in [0.717, 1.165) is 25.0 Å². The standard InChI is InChI=1S/C12H17O/c1-4-5-8-11-10(2)7-6-9-12(11)13-3/h6-7,9H,1,4-5,8H2,2-3H3. The molecule has 0 fully saturated rings. The largest absolute Gasteiger partial charge is 0.496 e. The van der Waals surface area contributed by atoms with E-state index in [1.165, 1.54) is 11.1 Å². The van der Waals surface area contributed by atoms with Crippen molar-refractivity contribution in [2.24, 2.45) is 0 Å². The van der Waals surface area contributed by atoms with Crippen molar-refractivity contribution >= 4 is 0 Å². The molecule has 1 radical (unpaired) electrons. The summed E-state index contributed by atoms with van der Waals surface area (Å²) in [6, 6.07) is 6.17. The van der Waals surface area contributed by atoms with Crippen LogP contribution in [0.4, 0.5) is 0 Å². The lowest BCUT2D eigenvalue weighted by Crippen LogP contribution is -1.95. The zero-order valence-electron chi connectivity index (χ0n) is 8.47. The molecule has 0 amide bonds. The molecular weight excluding hydrogens is 160 g/mol. The SMILES string of the molecule is [CH2]CCCc1c(C)cccc1OC. The van der Waals surface area contributed by atoms with Crippen molar-refractivity contribution in [1.82, 2.24) is 0 Å². The van der Waals surface area contributed by atoms with Crippen LogP contribution in [-0.2, 0) is 6.42 Å². The van der Waals surface area contributed by atoms with Gasteiger partial charge in [0.05, 0.1) is 7.11 Å². The fraction of sp³-hybridized carbons (Fsp3) is 0.417. The summed E-state index contributed by atoms with van der Waals surface area (Å²) in [6.07, 6.45) is 3.18. The van der Waals surface area contributed by atoms with Crippen LogP contribution in [0.2, 0.25) is 0 Å². The molecule has 13 heavy (non-hydrogen) atoms. The molecule has 0 unspecified atom stereocenters. The summed E-state index contributed by atoms with van der Waals surface area (Å²) in [5.41, 5.74) is 2.64. The van der Waals surface area contributed by atoms with Gasteiger partial charge < -0.3 is 4.74 Å². The van der Waals surface area contributed by atoms with Crippen LogP contribution in [0.25, 0.3) is 0 Å². The van der Waals surface area contributed by atoms with Gasteiger partial charge in [0, 0.05) is 0 Å². The van der Waals surface area contributed by atoms with Crippen molar-refractivity contribution in [1.29, 1.82) is 0 Å². The van der Waals surface area contributed by atoms with E-state index < -0.39 is 0 Å². The lowest BCUT2D eigenvalue weighted by atomic mass is 10.0. The molecule has 1 heteroatoms. The fourth-order valence-corrected chi connectivity index (χ4v) is 1.49. The Hall–Kier alpha value is -0.980. The first-order chi connectivity index (χ1) is 6.29. The Kier molecular flexibility index (Phi) is 3.81. The molecule has 0 aliphatic carbocycles. The highest BCUT2D eigenvalue weighted by Crippen LogP contribution is 2.23. The molecule has 1 aromatic carbocycles. The number of benzene rings is 1. The molecule has 0 aromatic heterocycles. The molecule has 1 rings (SSSR count). The third-order valence-corrected chi connectivity index (χ3v) is 2.26. The van der Waals surface area contributed by atoms with Crippen LogP contribution >= 0.6 is 0 Å². The van der Waals surface area contributed by atoms with E-state index in [9.17, 15) is 0 Å². The van der Waals surface area contributed by atoms with Crippen LogP contribution < -0.4 is 4.74 Å². The second kappa shape index (κ2) is 4.90. The molecule has 0 aliphatic rings. The summed E-state index contributed by atoms with van der Waals surface area (Å²) in [4.78, 5) is 0. The number of unbranched alkanes of at least 4 members (excludes halogenated alkanes) is 1. The minimum Gasteiger partial charge on any atom is -0.496 e. The maximum absolute atomic E-state index is 5.30. The number of aryl methyl sites for hydroxylation is 1. The topological polar surface area (TPSA) is 9.23 Å². The molecule has 0 saturated carbocycles. The quantitative estimate of drug-likeness (QED) is 0.686. The number of rotatable bonds is 4. The van der Waals surface area contributed by atoms with E-state index in [1.807, 2.05) is 12.1 Å². The molecular formula is C12H17O. The van der Waals surface area contributed by atoms with Crippen LogP contribution in [0.1, 0.15) is 24.0 Å². The van der Waals surface area contributed by atoms with Crippen molar-refractivity contribution in [3.8, 4) is 5.75 Å². The Morgan fingerprint density at radius 2 is 2.15 bits per heavy atom. The third kappa shape index (κ3) is 2.48. The van der Waals surface area contributed by atoms with Crippen LogP contribution in [-0.4, -0.2) is 7.11 Å². The van der Waals surface area contributed by atoms with Gasteiger partial charge in [-0.3, -0.25) is 0 Å². The molecule has 0 saturated heterocycles. The predicted molar refractivity (Wildman–Crippen MR) is 56.0 cm³/mol. The van der Waals surface area contributed by atoms with E-state index in [1.54, 1.807) is 7.11 Å². The van der Waals surface area contributed by atoms with Gasteiger partial charge in [0.15, 0.2) is 0 Å². The summed E-state index contributed by atoms with van der Waals surface area (Å²) in [7, 11) is 1.72. The van der Waals surface area contributed by atoms with Crippen LogP contribution in [0.15, 0.2) is 18.2 Å². The molecule has 0 bridgehead atoms. The first-order valence-electron chi connectivity index (χ1n) is 4.71.